The summed E-state index contributed by atoms with van der Waals surface area (Å²) in [7, 11) is 0. The molecule has 1 aliphatic heterocycles. The fraction of sp³-hybridized carbons (Fsp3) is 0.333. The zero-order valence-electron chi connectivity index (χ0n) is 15.7. The molecule has 3 aromatic rings. The molecule has 2 aromatic heterocycles. The van der Waals surface area contributed by atoms with Crippen LogP contribution in [0.15, 0.2) is 54.9 Å². The molecule has 1 saturated heterocycles. The van der Waals surface area contributed by atoms with E-state index in [2.05, 4.69) is 43.3 Å². The van der Waals surface area contributed by atoms with E-state index in [0.29, 0.717) is 6.04 Å². The topological polar surface area (TPSA) is 70.1 Å². The molecule has 7 nitrogen and oxygen atoms in total. The third kappa shape index (κ3) is 3.74. The van der Waals surface area contributed by atoms with Crippen LogP contribution in [0.2, 0.25) is 0 Å². The first kappa shape index (κ1) is 16.9. The second-order valence-corrected chi connectivity index (χ2v) is 7.24. The lowest BCUT2D eigenvalue weighted by atomic mass is 10.1. The van der Waals surface area contributed by atoms with Crippen LogP contribution in [-0.4, -0.2) is 52.2 Å². The molecule has 3 heterocycles. The van der Waals surface area contributed by atoms with Gasteiger partial charge in [-0.1, -0.05) is 30.3 Å². The Morgan fingerprint density at radius 2 is 1.54 bits per heavy atom. The van der Waals surface area contributed by atoms with E-state index in [-0.39, 0.29) is 0 Å². The van der Waals surface area contributed by atoms with Crippen LogP contribution in [0.5, 0.6) is 0 Å². The largest absolute Gasteiger partial charge is 0.353 e. The normalized spacial score (nSPS) is 16.9. The molecule has 2 aliphatic rings. The molecule has 7 heteroatoms. The van der Waals surface area contributed by atoms with E-state index < -0.39 is 0 Å². The van der Waals surface area contributed by atoms with Crippen LogP contribution in [0, 0.1) is 0 Å². The molecule has 0 atom stereocenters. The first-order chi connectivity index (χ1) is 13.8. The molecule has 1 aliphatic carbocycles. The number of hydrogen-bond acceptors (Lipinski definition) is 7. The molecule has 0 spiro atoms. The lowest BCUT2D eigenvalue weighted by molar-refractivity contribution is 0.634. The number of rotatable bonds is 5. The number of nitrogens with one attached hydrogen (secondary N) is 1. The third-order valence-corrected chi connectivity index (χ3v) is 5.13. The van der Waals surface area contributed by atoms with Gasteiger partial charge in [0.05, 0.1) is 5.69 Å². The van der Waals surface area contributed by atoms with Gasteiger partial charge in [-0.3, -0.25) is 0 Å². The van der Waals surface area contributed by atoms with Crippen molar-refractivity contribution in [1.82, 2.24) is 19.9 Å². The SMILES string of the molecule is c1ccc(-c2cc(N3CCN(c4ncccn4)CC3)nc(NC3CC3)n2)cc1. The van der Waals surface area contributed by atoms with E-state index in [0.717, 1.165) is 55.2 Å². The summed E-state index contributed by atoms with van der Waals surface area (Å²) >= 11 is 0. The van der Waals surface area contributed by atoms with Crippen LogP contribution >= 0.6 is 0 Å². The molecular formula is C21H23N7. The van der Waals surface area contributed by atoms with Crippen molar-refractivity contribution in [3.05, 3.63) is 54.9 Å². The first-order valence-corrected chi connectivity index (χ1v) is 9.83. The van der Waals surface area contributed by atoms with Crippen molar-refractivity contribution in [2.24, 2.45) is 0 Å². The maximum Gasteiger partial charge on any atom is 0.225 e. The van der Waals surface area contributed by atoms with Crippen LogP contribution in [0.1, 0.15) is 12.8 Å². The molecule has 0 unspecified atom stereocenters. The summed E-state index contributed by atoms with van der Waals surface area (Å²) in [6, 6.07) is 14.8. The number of benzene rings is 1. The van der Waals surface area contributed by atoms with Gasteiger partial charge in [0.2, 0.25) is 11.9 Å². The number of hydrogen-bond donors (Lipinski definition) is 1. The zero-order chi connectivity index (χ0) is 18.8. The van der Waals surface area contributed by atoms with Gasteiger partial charge in [-0.05, 0) is 18.9 Å². The van der Waals surface area contributed by atoms with Crippen molar-refractivity contribution in [3.8, 4) is 11.3 Å². The summed E-state index contributed by atoms with van der Waals surface area (Å²) in [4.78, 5) is 22.9. The Balaban J connectivity index is 1.38. The lowest BCUT2D eigenvalue weighted by Gasteiger charge is -2.35. The van der Waals surface area contributed by atoms with Gasteiger partial charge >= 0.3 is 0 Å². The van der Waals surface area contributed by atoms with E-state index >= 15 is 0 Å². The van der Waals surface area contributed by atoms with Gasteiger partial charge < -0.3 is 15.1 Å². The van der Waals surface area contributed by atoms with Gasteiger partial charge in [-0.25, -0.2) is 15.0 Å². The summed E-state index contributed by atoms with van der Waals surface area (Å²) in [5, 5.41) is 3.46. The van der Waals surface area contributed by atoms with Crippen molar-refractivity contribution >= 4 is 17.7 Å². The van der Waals surface area contributed by atoms with Crippen LogP contribution in [-0.2, 0) is 0 Å². The van der Waals surface area contributed by atoms with Crippen LogP contribution in [0.25, 0.3) is 11.3 Å². The van der Waals surface area contributed by atoms with Gasteiger partial charge in [0.15, 0.2) is 0 Å². The fourth-order valence-electron chi connectivity index (χ4n) is 3.42. The van der Waals surface area contributed by atoms with E-state index in [9.17, 15) is 0 Å². The van der Waals surface area contributed by atoms with Gasteiger partial charge in [0.1, 0.15) is 5.82 Å². The molecule has 28 heavy (non-hydrogen) atoms. The Labute approximate surface area is 164 Å². The number of nitrogens with zero attached hydrogens (tertiary/aromatic N) is 6. The minimum atomic E-state index is 0.519. The molecule has 2 fully saturated rings. The van der Waals surface area contributed by atoms with Crippen LogP contribution < -0.4 is 15.1 Å². The predicted molar refractivity (Wildman–Crippen MR) is 111 cm³/mol. The average Bonchev–Trinajstić information content (AvgIpc) is 3.59. The van der Waals surface area contributed by atoms with E-state index in [1.807, 2.05) is 24.3 Å². The van der Waals surface area contributed by atoms with Crippen molar-refractivity contribution in [3.63, 3.8) is 0 Å². The molecule has 1 aromatic carbocycles. The molecule has 1 N–H and O–H groups in total. The molecule has 142 valence electrons. The van der Waals surface area contributed by atoms with E-state index in [1.165, 1.54) is 12.8 Å². The monoisotopic (exact) mass is 373 g/mol. The smallest absolute Gasteiger partial charge is 0.225 e. The van der Waals surface area contributed by atoms with Crippen molar-refractivity contribution in [2.75, 3.05) is 41.3 Å². The Morgan fingerprint density at radius 1 is 0.821 bits per heavy atom. The van der Waals surface area contributed by atoms with E-state index in [1.54, 1.807) is 12.4 Å². The minimum absolute atomic E-state index is 0.519. The Kier molecular flexibility index (Phi) is 4.48. The van der Waals surface area contributed by atoms with Crippen LogP contribution in [0.4, 0.5) is 17.7 Å². The highest BCUT2D eigenvalue weighted by molar-refractivity contribution is 5.65. The number of aromatic nitrogens is 4. The molecular weight excluding hydrogens is 350 g/mol. The highest BCUT2D eigenvalue weighted by Crippen LogP contribution is 2.28. The van der Waals surface area contributed by atoms with Crippen molar-refractivity contribution in [1.29, 1.82) is 0 Å². The van der Waals surface area contributed by atoms with Gasteiger partial charge in [0.25, 0.3) is 0 Å². The number of piperazine rings is 1. The Morgan fingerprint density at radius 3 is 2.25 bits per heavy atom. The molecule has 0 radical (unpaired) electrons. The summed E-state index contributed by atoms with van der Waals surface area (Å²) in [6.45, 7) is 3.51. The second-order valence-electron chi connectivity index (χ2n) is 7.24. The molecule has 1 saturated carbocycles. The predicted octanol–water partition coefficient (Wildman–Crippen LogP) is 2.83. The summed E-state index contributed by atoms with van der Waals surface area (Å²) < 4.78 is 0. The highest BCUT2D eigenvalue weighted by Gasteiger charge is 2.24. The zero-order valence-corrected chi connectivity index (χ0v) is 15.7. The lowest BCUT2D eigenvalue weighted by Crippen LogP contribution is -2.47. The molecule has 5 rings (SSSR count). The van der Waals surface area contributed by atoms with Crippen molar-refractivity contribution < 1.29 is 0 Å². The summed E-state index contributed by atoms with van der Waals surface area (Å²) in [5.74, 6) is 2.50. The van der Waals surface area contributed by atoms with Gasteiger partial charge in [-0.15, -0.1) is 0 Å². The minimum Gasteiger partial charge on any atom is -0.353 e. The van der Waals surface area contributed by atoms with Gasteiger partial charge in [-0.2, -0.15) is 4.98 Å². The standard InChI is InChI=1S/C21H23N7/c1-2-5-16(6-3-1)18-15-19(26-20(25-18)24-17-7-8-17)27-11-13-28(14-12-27)21-22-9-4-10-23-21/h1-6,9-10,15,17H,7-8,11-14H2,(H,24,25,26). The van der Waals surface area contributed by atoms with Crippen LogP contribution in [0.3, 0.4) is 0 Å². The number of anilines is 3. The Hall–Kier alpha value is -3.22. The van der Waals surface area contributed by atoms with E-state index in [4.69, 9.17) is 9.97 Å². The summed E-state index contributed by atoms with van der Waals surface area (Å²) in [6.07, 6.45) is 5.98. The maximum absolute atomic E-state index is 4.81. The average molecular weight is 373 g/mol. The Bertz CT molecular complexity index is 920. The molecule has 0 bridgehead atoms. The van der Waals surface area contributed by atoms with Crippen molar-refractivity contribution in [2.45, 2.75) is 18.9 Å². The second kappa shape index (κ2) is 7.42. The summed E-state index contributed by atoms with van der Waals surface area (Å²) in [5.41, 5.74) is 2.07. The maximum atomic E-state index is 4.81. The third-order valence-electron chi connectivity index (χ3n) is 5.13. The fourth-order valence-corrected chi connectivity index (χ4v) is 3.42. The first-order valence-electron chi connectivity index (χ1n) is 9.83. The molecule has 0 amide bonds. The highest BCUT2D eigenvalue weighted by atomic mass is 15.3. The quantitative estimate of drug-likeness (QED) is 0.737. The van der Waals surface area contributed by atoms with Gasteiger partial charge in [0, 0.05) is 56.2 Å².